The van der Waals surface area contributed by atoms with Gasteiger partial charge < -0.3 is 20.1 Å². The molecule has 0 radical (unpaired) electrons. The van der Waals surface area contributed by atoms with Crippen molar-refractivity contribution in [3.63, 3.8) is 0 Å². The summed E-state index contributed by atoms with van der Waals surface area (Å²) in [6.45, 7) is 3.44. The van der Waals surface area contributed by atoms with Crippen LogP contribution in [0.1, 0.15) is 29.8 Å². The molecule has 0 aliphatic heterocycles. The van der Waals surface area contributed by atoms with E-state index in [0.717, 1.165) is 5.56 Å². The topological polar surface area (TPSA) is 93.7 Å². The molecule has 0 saturated carbocycles. The van der Waals surface area contributed by atoms with Crippen LogP contribution in [0.3, 0.4) is 0 Å². The monoisotopic (exact) mass is 384 g/mol. The molecule has 0 unspecified atom stereocenters. The van der Waals surface area contributed by atoms with E-state index in [2.05, 4.69) is 10.6 Å². The Labute approximate surface area is 164 Å². The molecule has 0 aliphatic rings. The average Bonchev–Trinajstić information content (AvgIpc) is 2.69. The molecule has 0 heterocycles. The number of carbonyl (C=O) groups is 3. The van der Waals surface area contributed by atoms with Gasteiger partial charge in [0.1, 0.15) is 12.4 Å². The lowest BCUT2D eigenvalue weighted by Crippen LogP contribution is -2.41. The molecule has 2 amide bonds. The quantitative estimate of drug-likeness (QED) is 0.646. The smallest absolute Gasteiger partial charge is 0.338 e. The van der Waals surface area contributed by atoms with Crippen LogP contribution < -0.4 is 15.4 Å². The summed E-state index contributed by atoms with van der Waals surface area (Å²) >= 11 is 0. The Hall–Kier alpha value is -3.35. The highest BCUT2D eigenvalue weighted by Gasteiger charge is 2.11. The molecular weight excluding hydrogens is 360 g/mol. The van der Waals surface area contributed by atoms with E-state index in [1.54, 1.807) is 24.3 Å². The number of carbonyl (C=O) groups excluding carboxylic acids is 3. The fraction of sp³-hybridized carbons (Fsp3) is 0.286. The largest absolute Gasteiger partial charge is 0.489 e. The van der Waals surface area contributed by atoms with E-state index in [1.807, 2.05) is 44.2 Å². The van der Waals surface area contributed by atoms with Crippen LogP contribution in [0.25, 0.3) is 0 Å². The average molecular weight is 384 g/mol. The first kappa shape index (κ1) is 21.0. The fourth-order valence-corrected chi connectivity index (χ4v) is 2.25. The number of esters is 1. The van der Waals surface area contributed by atoms with Gasteiger partial charge in [-0.05, 0) is 43.7 Å². The van der Waals surface area contributed by atoms with E-state index in [1.165, 1.54) is 0 Å². The van der Waals surface area contributed by atoms with E-state index < -0.39 is 18.5 Å². The molecule has 2 rings (SSSR count). The molecule has 0 fully saturated rings. The number of amides is 2. The van der Waals surface area contributed by atoms with Gasteiger partial charge in [-0.1, -0.05) is 30.3 Å². The number of nitrogens with one attached hydrogen (secondary N) is 2. The van der Waals surface area contributed by atoms with E-state index in [-0.39, 0.29) is 18.5 Å². The van der Waals surface area contributed by atoms with Crippen molar-refractivity contribution in [2.45, 2.75) is 26.5 Å². The standard InChI is InChI=1S/C21H24N2O5/c1-15(2)23-19(24)12-22-20(25)14-28-21(26)17-8-10-18(11-9-17)27-13-16-6-4-3-5-7-16/h3-11,15H,12-14H2,1-2H3,(H,22,25)(H,23,24). The van der Waals surface area contributed by atoms with Crippen LogP contribution in [0, 0.1) is 0 Å². The number of hydrogen-bond donors (Lipinski definition) is 2. The van der Waals surface area contributed by atoms with Crippen LogP contribution in [0.5, 0.6) is 5.75 Å². The Morgan fingerprint density at radius 2 is 1.61 bits per heavy atom. The van der Waals surface area contributed by atoms with Crippen LogP contribution in [-0.2, 0) is 20.9 Å². The molecule has 0 bridgehead atoms. The third-order valence-electron chi connectivity index (χ3n) is 3.57. The van der Waals surface area contributed by atoms with Crippen molar-refractivity contribution in [3.05, 3.63) is 65.7 Å². The maximum Gasteiger partial charge on any atom is 0.338 e. The highest BCUT2D eigenvalue weighted by molar-refractivity contribution is 5.92. The first-order valence-corrected chi connectivity index (χ1v) is 8.94. The number of hydrogen-bond acceptors (Lipinski definition) is 5. The molecule has 0 saturated heterocycles. The second-order valence-corrected chi connectivity index (χ2v) is 6.37. The van der Waals surface area contributed by atoms with Crippen molar-refractivity contribution < 1.29 is 23.9 Å². The van der Waals surface area contributed by atoms with Crippen LogP contribution >= 0.6 is 0 Å². The predicted octanol–water partition coefficient (Wildman–Crippen LogP) is 2.06. The molecule has 148 valence electrons. The highest BCUT2D eigenvalue weighted by atomic mass is 16.5. The Kier molecular flexibility index (Phi) is 8.02. The van der Waals surface area contributed by atoms with Gasteiger partial charge in [-0.25, -0.2) is 4.79 Å². The molecule has 7 heteroatoms. The van der Waals surface area contributed by atoms with Gasteiger partial charge in [-0.3, -0.25) is 9.59 Å². The number of ether oxygens (including phenoxy) is 2. The van der Waals surface area contributed by atoms with Crippen LogP contribution in [0.4, 0.5) is 0 Å². The molecule has 0 aromatic heterocycles. The second-order valence-electron chi connectivity index (χ2n) is 6.37. The van der Waals surface area contributed by atoms with Gasteiger partial charge in [0.15, 0.2) is 6.61 Å². The lowest BCUT2D eigenvalue weighted by Gasteiger charge is -2.10. The Bertz CT molecular complexity index is 788. The summed E-state index contributed by atoms with van der Waals surface area (Å²) in [6.07, 6.45) is 0. The van der Waals surface area contributed by atoms with E-state index in [0.29, 0.717) is 17.9 Å². The molecule has 0 atom stereocenters. The van der Waals surface area contributed by atoms with Crippen LogP contribution in [-0.4, -0.2) is 37.0 Å². The third-order valence-corrected chi connectivity index (χ3v) is 3.57. The Morgan fingerprint density at radius 1 is 0.929 bits per heavy atom. The van der Waals surface area contributed by atoms with E-state index in [4.69, 9.17) is 9.47 Å². The van der Waals surface area contributed by atoms with Crippen molar-refractivity contribution in [2.75, 3.05) is 13.2 Å². The zero-order chi connectivity index (χ0) is 20.4. The predicted molar refractivity (Wildman–Crippen MR) is 104 cm³/mol. The molecule has 7 nitrogen and oxygen atoms in total. The first-order chi connectivity index (χ1) is 13.4. The summed E-state index contributed by atoms with van der Waals surface area (Å²) in [4.78, 5) is 35.1. The summed E-state index contributed by atoms with van der Waals surface area (Å²) in [5, 5.41) is 5.03. The van der Waals surface area contributed by atoms with Gasteiger partial charge >= 0.3 is 5.97 Å². The minimum Gasteiger partial charge on any atom is -0.489 e. The van der Waals surface area contributed by atoms with Crippen molar-refractivity contribution in [3.8, 4) is 5.75 Å². The lowest BCUT2D eigenvalue weighted by atomic mass is 10.2. The number of benzene rings is 2. The molecule has 2 aromatic carbocycles. The summed E-state index contributed by atoms with van der Waals surface area (Å²) in [7, 11) is 0. The molecule has 0 spiro atoms. The summed E-state index contributed by atoms with van der Waals surface area (Å²) < 4.78 is 10.6. The SMILES string of the molecule is CC(C)NC(=O)CNC(=O)COC(=O)c1ccc(OCc2ccccc2)cc1. The Balaban J connectivity index is 1.73. The summed E-state index contributed by atoms with van der Waals surface area (Å²) in [5.74, 6) is -0.860. The normalized spacial score (nSPS) is 10.2. The third kappa shape index (κ3) is 7.49. The van der Waals surface area contributed by atoms with Crippen molar-refractivity contribution in [1.82, 2.24) is 10.6 Å². The lowest BCUT2D eigenvalue weighted by molar-refractivity contribution is -0.128. The second kappa shape index (κ2) is 10.7. The summed E-state index contributed by atoms with van der Waals surface area (Å²) in [5.41, 5.74) is 1.34. The van der Waals surface area contributed by atoms with E-state index in [9.17, 15) is 14.4 Å². The van der Waals surface area contributed by atoms with Gasteiger partial charge in [0.2, 0.25) is 5.91 Å². The van der Waals surface area contributed by atoms with Gasteiger partial charge in [0.05, 0.1) is 12.1 Å². The first-order valence-electron chi connectivity index (χ1n) is 8.94. The van der Waals surface area contributed by atoms with Crippen molar-refractivity contribution in [1.29, 1.82) is 0 Å². The molecule has 2 aromatic rings. The molecular formula is C21H24N2O5. The molecule has 0 aliphatic carbocycles. The fourth-order valence-electron chi connectivity index (χ4n) is 2.25. The van der Waals surface area contributed by atoms with Gasteiger partial charge in [0.25, 0.3) is 5.91 Å². The number of rotatable bonds is 9. The van der Waals surface area contributed by atoms with Gasteiger partial charge in [0, 0.05) is 6.04 Å². The van der Waals surface area contributed by atoms with Gasteiger partial charge in [-0.15, -0.1) is 0 Å². The molecule has 28 heavy (non-hydrogen) atoms. The maximum absolute atomic E-state index is 12.0. The summed E-state index contributed by atoms with van der Waals surface area (Å²) in [6, 6.07) is 16.2. The van der Waals surface area contributed by atoms with Crippen LogP contribution in [0.2, 0.25) is 0 Å². The Morgan fingerprint density at radius 3 is 2.25 bits per heavy atom. The minimum absolute atomic E-state index is 0.0122. The molecule has 2 N–H and O–H groups in total. The van der Waals surface area contributed by atoms with E-state index >= 15 is 0 Å². The van der Waals surface area contributed by atoms with Gasteiger partial charge in [-0.2, -0.15) is 0 Å². The van der Waals surface area contributed by atoms with Crippen LogP contribution in [0.15, 0.2) is 54.6 Å². The van der Waals surface area contributed by atoms with Crippen molar-refractivity contribution in [2.24, 2.45) is 0 Å². The zero-order valence-electron chi connectivity index (χ0n) is 15.9. The highest BCUT2D eigenvalue weighted by Crippen LogP contribution is 2.15. The van der Waals surface area contributed by atoms with Crippen molar-refractivity contribution >= 4 is 17.8 Å². The maximum atomic E-state index is 12.0. The zero-order valence-corrected chi connectivity index (χ0v) is 15.9. The minimum atomic E-state index is -0.628.